The van der Waals surface area contributed by atoms with Gasteiger partial charge in [0.15, 0.2) is 0 Å². The molecule has 0 unspecified atom stereocenters. The van der Waals surface area contributed by atoms with Crippen molar-refractivity contribution in [1.82, 2.24) is 0 Å². The average molecular weight is 300 g/mol. The van der Waals surface area contributed by atoms with Gasteiger partial charge in [-0.15, -0.1) is 0 Å². The van der Waals surface area contributed by atoms with Gasteiger partial charge >= 0.3 is 5.97 Å². The predicted octanol–water partition coefficient (Wildman–Crippen LogP) is 5.56. The standard InChI is InChI=1S/C20H28O2/c1-2-3-4-9-19-10-13-20(14-11-19,15-12-19)17-7-5-16(6-8-17)18(21)22/h5-8H,2-4,9-15H2,1H3,(H,21,22). The summed E-state index contributed by atoms with van der Waals surface area (Å²) in [7, 11) is 0. The summed E-state index contributed by atoms with van der Waals surface area (Å²) in [6, 6.07) is 7.70. The fourth-order valence-electron chi connectivity index (χ4n) is 4.79. The van der Waals surface area contributed by atoms with E-state index in [4.69, 9.17) is 5.11 Å². The van der Waals surface area contributed by atoms with Gasteiger partial charge < -0.3 is 5.11 Å². The van der Waals surface area contributed by atoms with E-state index < -0.39 is 5.97 Å². The van der Waals surface area contributed by atoms with Crippen molar-refractivity contribution < 1.29 is 9.90 Å². The highest BCUT2D eigenvalue weighted by Gasteiger charge is 2.48. The molecule has 0 spiro atoms. The smallest absolute Gasteiger partial charge is 0.335 e. The molecule has 2 nitrogen and oxygen atoms in total. The van der Waals surface area contributed by atoms with Crippen molar-refractivity contribution in [3.05, 3.63) is 35.4 Å². The largest absolute Gasteiger partial charge is 0.478 e. The zero-order valence-electron chi connectivity index (χ0n) is 13.7. The summed E-state index contributed by atoms with van der Waals surface area (Å²) in [6.45, 7) is 2.28. The summed E-state index contributed by atoms with van der Waals surface area (Å²) < 4.78 is 0. The molecule has 0 radical (unpaired) electrons. The van der Waals surface area contributed by atoms with Crippen LogP contribution in [0.15, 0.2) is 24.3 Å². The highest BCUT2D eigenvalue weighted by Crippen LogP contribution is 2.59. The minimum atomic E-state index is -0.828. The Morgan fingerprint density at radius 3 is 2.09 bits per heavy atom. The second-order valence-electron chi connectivity index (χ2n) is 7.62. The summed E-state index contributed by atoms with van der Waals surface area (Å²) in [4.78, 5) is 11.0. The third-order valence-electron chi connectivity index (χ3n) is 6.46. The van der Waals surface area contributed by atoms with Crippen molar-refractivity contribution in [2.45, 2.75) is 76.5 Å². The Morgan fingerprint density at radius 2 is 1.59 bits per heavy atom. The van der Waals surface area contributed by atoms with Crippen LogP contribution >= 0.6 is 0 Å². The molecule has 3 aliphatic carbocycles. The zero-order valence-corrected chi connectivity index (χ0v) is 13.7. The first-order chi connectivity index (χ1) is 10.6. The lowest BCUT2D eigenvalue weighted by atomic mass is 9.51. The highest BCUT2D eigenvalue weighted by molar-refractivity contribution is 5.87. The number of carboxylic acids is 1. The lowest BCUT2D eigenvalue weighted by Gasteiger charge is -2.54. The molecule has 2 bridgehead atoms. The molecule has 0 amide bonds. The quantitative estimate of drug-likeness (QED) is 0.699. The maximum atomic E-state index is 11.0. The molecular formula is C20H28O2. The molecule has 1 aromatic rings. The molecule has 1 N–H and O–H groups in total. The third-order valence-corrected chi connectivity index (χ3v) is 6.46. The molecule has 3 saturated carbocycles. The fraction of sp³-hybridized carbons (Fsp3) is 0.650. The fourth-order valence-corrected chi connectivity index (χ4v) is 4.79. The van der Waals surface area contributed by atoms with E-state index in [9.17, 15) is 4.79 Å². The Balaban J connectivity index is 1.69. The molecule has 3 fully saturated rings. The molecule has 3 aliphatic rings. The number of carboxylic acid groups (broad SMARTS) is 1. The first-order valence-electron chi connectivity index (χ1n) is 8.93. The van der Waals surface area contributed by atoms with E-state index in [2.05, 4.69) is 19.1 Å². The summed E-state index contributed by atoms with van der Waals surface area (Å²) in [5, 5.41) is 9.05. The number of carbonyl (C=O) groups is 1. The second-order valence-corrected chi connectivity index (χ2v) is 7.62. The molecule has 120 valence electrons. The van der Waals surface area contributed by atoms with Gasteiger partial charge in [0.2, 0.25) is 0 Å². The van der Waals surface area contributed by atoms with Gasteiger partial charge in [0.05, 0.1) is 5.56 Å². The molecule has 0 atom stereocenters. The number of rotatable bonds is 6. The molecule has 1 aromatic carbocycles. The maximum absolute atomic E-state index is 11.0. The van der Waals surface area contributed by atoms with E-state index in [1.807, 2.05) is 0 Å². The molecular weight excluding hydrogens is 272 g/mol. The predicted molar refractivity (Wildman–Crippen MR) is 89.4 cm³/mol. The van der Waals surface area contributed by atoms with E-state index in [0.717, 1.165) is 0 Å². The Morgan fingerprint density at radius 1 is 1.00 bits per heavy atom. The third kappa shape index (κ3) is 2.80. The Bertz CT molecular complexity index is 505. The topological polar surface area (TPSA) is 37.3 Å². The van der Waals surface area contributed by atoms with Crippen molar-refractivity contribution in [2.24, 2.45) is 5.41 Å². The summed E-state index contributed by atoms with van der Waals surface area (Å²) >= 11 is 0. The van der Waals surface area contributed by atoms with E-state index in [1.165, 1.54) is 69.8 Å². The van der Waals surface area contributed by atoms with Crippen LogP contribution in [0.4, 0.5) is 0 Å². The lowest BCUT2D eigenvalue weighted by molar-refractivity contribution is 0.0305. The SMILES string of the molecule is CCCCCC12CCC(c3ccc(C(=O)O)cc3)(CC1)CC2. The lowest BCUT2D eigenvalue weighted by Crippen LogP contribution is -2.44. The number of hydrogen-bond donors (Lipinski definition) is 1. The number of unbranched alkanes of at least 4 members (excludes halogenated alkanes) is 2. The van der Waals surface area contributed by atoms with Gasteiger partial charge in [-0.2, -0.15) is 0 Å². The van der Waals surface area contributed by atoms with Crippen LogP contribution in [0.25, 0.3) is 0 Å². The van der Waals surface area contributed by atoms with Crippen molar-refractivity contribution >= 4 is 5.97 Å². The minimum Gasteiger partial charge on any atom is -0.478 e. The first-order valence-corrected chi connectivity index (χ1v) is 8.93. The van der Waals surface area contributed by atoms with Gasteiger partial charge in [-0.3, -0.25) is 0 Å². The molecule has 2 heteroatoms. The van der Waals surface area contributed by atoms with Crippen molar-refractivity contribution in [1.29, 1.82) is 0 Å². The van der Waals surface area contributed by atoms with Gasteiger partial charge in [-0.25, -0.2) is 4.79 Å². The van der Waals surface area contributed by atoms with E-state index in [-0.39, 0.29) is 0 Å². The van der Waals surface area contributed by atoms with Crippen molar-refractivity contribution in [3.8, 4) is 0 Å². The van der Waals surface area contributed by atoms with Crippen LogP contribution in [0.3, 0.4) is 0 Å². The van der Waals surface area contributed by atoms with Gasteiger partial charge in [0.25, 0.3) is 0 Å². The number of hydrogen-bond acceptors (Lipinski definition) is 1. The van der Waals surface area contributed by atoms with Crippen LogP contribution in [0.5, 0.6) is 0 Å². The average Bonchev–Trinajstić information content (AvgIpc) is 2.57. The molecule has 22 heavy (non-hydrogen) atoms. The van der Waals surface area contributed by atoms with Crippen LogP contribution in [0.2, 0.25) is 0 Å². The van der Waals surface area contributed by atoms with Gasteiger partial charge in [0.1, 0.15) is 0 Å². The van der Waals surface area contributed by atoms with Crippen LogP contribution in [0.1, 0.15) is 87.1 Å². The molecule has 0 aromatic heterocycles. The van der Waals surface area contributed by atoms with Gasteiger partial charge in [-0.1, -0.05) is 38.3 Å². The van der Waals surface area contributed by atoms with Crippen LogP contribution in [-0.4, -0.2) is 11.1 Å². The van der Waals surface area contributed by atoms with E-state index >= 15 is 0 Å². The maximum Gasteiger partial charge on any atom is 0.335 e. The number of fused-ring (bicyclic) bond motifs is 3. The highest BCUT2D eigenvalue weighted by atomic mass is 16.4. The summed E-state index contributed by atoms with van der Waals surface area (Å²) in [5.74, 6) is -0.828. The first kappa shape index (κ1) is 15.6. The van der Waals surface area contributed by atoms with Gasteiger partial charge in [-0.05, 0) is 73.5 Å². The Hall–Kier alpha value is -1.31. The van der Waals surface area contributed by atoms with E-state index in [1.54, 1.807) is 12.1 Å². The molecule has 0 heterocycles. The van der Waals surface area contributed by atoms with E-state index in [0.29, 0.717) is 16.4 Å². The summed E-state index contributed by atoms with van der Waals surface area (Å²) in [5.41, 5.74) is 2.75. The number of aromatic carboxylic acids is 1. The van der Waals surface area contributed by atoms with Crippen LogP contribution in [-0.2, 0) is 5.41 Å². The zero-order chi connectivity index (χ0) is 15.6. The Labute approximate surface area is 133 Å². The Kier molecular flexibility index (Phi) is 4.29. The minimum absolute atomic E-state index is 0.337. The normalized spacial score (nSPS) is 30.4. The van der Waals surface area contributed by atoms with Gasteiger partial charge in [0, 0.05) is 0 Å². The molecule has 0 saturated heterocycles. The number of benzene rings is 1. The molecule has 4 rings (SSSR count). The monoisotopic (exact) mass is 300 g/mol. The summed E-state index contributed by atoms with van der Waals surface area (Å²) in [6.07, 6.45) is 13.5. The van der Waals surface area contributed by atoms with Crippen molar-refractivity contribution in [2.75, 3.05) is 0 Å². The van der Waals surface area contributed by atoms with Crippen LogP contribution in [0, 0.1) is 5.41 Å². The van der Waals surface area contributed by atoms with Crippen molar-refractivity contribution in [3.63, 3.8) is 0 Å². The molecule has 0 aliphatic heterocycles. The van der Waals surface area contributed by atoms with Crippen LogP contribution < -0.4 is 0 Å². The second kappa shape index (κ2) is 6.06.